The van der Waals surface area contributed by atoms with Crippen LogP contribution in [0.3, 0.4) is 0 Å². The average Bonchev–Trinajstić information content (AvgIpc) is 2.53. The van der Waals surface area contributed by atoms with E-state index in [9.17, 15) is 18.4 Å². The lowest BCUT2D eigenvalue weighted by Crippen LogP contribution is -2.65. The summed E-state index contributed by atoms with van der Waals surface area (Å²) in [5, 5.41) is 6.08. The summed E-state index contributed by atoms with van der Waals surface area (Å²) >= 11 is 0.447. The number of anilines is 1. The van der Waals surface area contributed by atoms with Crippen molar-refractivity contribution >= 4 is 29.3 Å². The predicted octanol–water partition coefficient (Wildman–Crippen LogP) is 4.41. The van der Waals surface area contributed by atoms with Crippen LogP contribution in [0.2, 0.25) is 0 Å². The van der Waals surface area contributed by atoms with Gasteiger partial charge in [0.05, 0.1) is 11.1 Å². The van der Waals surface area contributed by atoms with E-state index in [4.69, 9.17) is 0 Å². The summed E-state index contributed by atoms with van der Waals surface area (Å²) in [6.45, 7) is 1.53. The first-order valence-electron chi connectivity index (χ1n) is 9.43. The van der Waals surface area contributed by atoms with Gasteiger partial charge in [-0.1, -0.05) is 23.9 Å². The highest BCUT2D eigenvalue weighted by Crippen LogP contribution is 2.62. The number of para-hydroxylation sites is 1. The Morgan fingerprint density at radius 1 is 1.15 bits per heavy atom. The predicted molar refractivity (Wildman–Crippen MR) is 101 cm³/mol. The van der Waals surface area contributed by atoms with Crippen LogP contribution >= 0.6 is 11.8 Å². The zero-order valence-corrected chi connectivity index (χ0v) is 16.1. The number of hydrogen-bond donors (Lipinski definition) is 2. The third-order valence-corrected chi connectivity index (χ3v) is 7.12. The molecule has 4 saturated carbocycles. The molecule has 0 radical (unpaired) electrons. The average molecular weight is 394 g/mol. The molecule has 4 aliphatic rings. The van der Waals surface area contributed by atoms with E-state index in [1.165, 1.54) is 6.92 Å². The van der Waals surface area contributed by atoms with E-state index in [-0.39, 0.29) is 17.4 Å². The summed E-state index contributed by atoms with van der Waals surface area (Å²) in [5.74, 6) is -1.80. The number of amides is 2. The molecule has 2 amide bonds. The maximum atomic E-state index is 13.3. The van der Waals surface area contributed by atoms with Crippen LogP contribution in [-0.4, -0.2) is 23.1 Å². The molecule has 2 N–H and O–H groups in total. The fraction of sp³-hybridized carbons (Fsp3) is 0.600. The topological polar surface area (TPSA) is 58.2 Å². The second-order valence-electron chi connectivity index (χ2n) is 8.53. The molecule has 0 saturated heterocycles. The number of thioether (sulfide) groups is 1. The molecule has 5 rings (SSSR count). The summed E-state index contributed by atoms with van der Waals surface area (Å²) in [6.07, 6.45) is 5.28. The number of rotatable bonds is 5. The van der Waals surface area contributed by atoms with E-state index < -0.39 is 11.2 Å². The monoisotopic (exact) mass is 394 g/mol. The minimum atomic E-state index is -2.54. The SMILES string of the molecule is CC(=O)NC12CC3CC(C1)CC(C(=O)Nc1ccccc1SC(F)F)(C3)C2. The van der Waals surface area contributed by atoms with Crippen LogP contribution in [0, 0.1) is 17.3 Å². The molecule has 0 spiro atoms. The molecule has 4 nitrogen and oxygen atoms in total. The third kappa shape index (κ3) is 3.58. The normalized spacial score (nSPS) is 33.9. The van der Waals surface area contributed by atoms with Crippen molar-refractivity contribution in [3.05, 3.63) is 24.3 Å². The molecule has 0 heterocycles. The van der Waals surface area contributed by atoms with Gasteiger partial charge in [0.25, 0.3) is 5.76 Å². The van der Waals surface area contributed by atoms with Crippen molar-refractivity contribution in [3.8, 4) is 0 Å². The lowest BCUT2D eigenvalue weighted by molar-refractivity contribution is -0.148. The molecule has 4 aliphatic carbocycles. The minimum absolute atomic E-state index is 0.0498. The van der Waals surface area contributed by atoms with Gasteiger partial charge in [-0.15, -0.1) is 0 Å². The number of carbonyl (C=O) groups is 2. The lowest BCUT2D eigenvalue weighted by atomic mass is 9.46. The molecule has 4 bridgehead atoms. The summed E-state index contributed by atoms with van der Waals surface area (Å²) in [6, 6.07) is 6.71. The second kappa shape index (κ2) is 6.76. The molecule has 0 aromatic heterocycles. The highest BCUT2D eigenvalue weighted by atomic mass is 32.2. The summed E-state index contributed by atoms with van der Waals surface area (Å²) in [5.41, 5.74) is -0.364. The van der Waals surface area contributed by atoms with Crippen LogP contribution in [0.4, 0.5) is 14.5 Å². The molecule has 146 valence electrons. The van der Waals surface area contributed by atoms with Gasteiger partial charge in [0, 0.05) is 17.4 Å². The Bertz CT molecular complexity index is 756. The molecular weight excluding hydrogens is 370 g/mol. The minimum Gasteiger partial charge on any atom is -0.351 e. The van der Waals surface area contributed by atoms with Crippen LogP contribution in [0.25, 0.3) is 0 Å². The first kappa shape index (κ1) is 18.7. The molecule has 27 heavy (non-hydrogen) atoms. The van der Waals surface area contributed by atoms with Crippen LogP contribution < -0.4 is 10.6 Å². The quantitative estimate of drug-likeness (QED) is 0.727. The van der Waals surface area contributed by atoms with E-state index in [2.05, 4.69) is 10.6 Å². The maximum absolute atomic E-state index is 13.3. The lowest BCUT2D eigenvalue weighted by Gasteiger charge is -2.61. The standard InChI is InChI=1S/C20H24F2N2O2S/c1-12(25)24-20-9-13-6-14(10-20)8-19(7-13,11-20)17(26)23-15-4-2-3-5-16(15)27-18(21)22/h2-5,13-14,18H,6-11H2,1H3,(H,23,26)(H,24,25). The summed E-state index contributed by atoms with van der Waals surface area (Å²) in [7, 11) is 0. The zero-order chi connectivity index (χ0) is 19.2. The molecule has 1 aromatic carbocycles. The number of halogens is 2. The maximum Gasteiger partial charge on any atom is 0.288 e. The van der Waals surface area contributed by atoms with Gasteiger partial charge in [-0.05, 0) is 62.5 Å². The Labute approximate surface area is 161 Å². The summed E-state index contributed by atoms with van der Waals surface area (Å²) in [4.78, 5) is 25.4. The van der Waals surface area contributed by atoms with Crippen molar-refractivity contribution in [2.24, 2.45) is 17.3 Å². The van der Waals surface area contributed by atoms with Crippen molar-refractivity contribution in [1.82, 2.24) is 5.32 Å². The summed E-state index contributed by atoms with van der Waals surface area (Å²) < 4.78 is 25.7. The smallest absolute Gasteiger partial charge is 0.288 e. The number of nitrogens with one attached hydrogen (secondary N) is 2. The van der Waals surface area contributed by atoms with Crippen LogP contribution in [-0.2, 0) is 9.59 Å². The van der Waals surface area contributed by atoms with Crippen molar-refractivity contribution < 1.29 is 18.4 Å². The van der Waals surface area contributed by atoms with Gasteiger partial charge in [0.15, 0.2) is 0 Å². The van der Waals surface area contributed by atoms with Crippen LogP contribution in [0.15, 0.2) is 29.2 Å². The van der Waals surface area contributed by atoms with Gasteiger partial charge in [0.2, 0.25) is 11.8 Å². The third-order valence-electron chi connectivity index (χ3n) is 6.34. The van der Waals surface area contributed by atoms with Gasteiger partial charge in [0.1, 0.15) is 0 Å². The highest BCUT2D eigenvalue weighted by molar-refractivity contribution is 7.99. The number of benzene rings is 1. The van der Waals surface area contributed by atoms with E-state index in [1.54, 1.807) is 24.3 Å². The molecule has 4 fully saturated rings. The van der Waals surface area contributed by atoms with Crippen molar-refractivity contribution in [2.75, 3.05) is 5.32 Å². The van der Waals surface area contributed by atoms with E-state index in [1.807, 2.05) is 0 Å². The largest absolute Gasteiger partial charge is 0.351 e. The first-order chi connectivity index (χ1) is 12.8. The Balaban J connectivity index is 1.58. The van der Waals surface area contributed by atoms with Gasteiger partial charge < -0.3 is 10.6 Å². The van der Waals surface area contributed by atoms with Crippen molar-refractivity contribution in [1.29, 1.82) is 0 Å². The van der Waals surface area contributed by atoms with Crippen LogP contribution in [0.1, 0.15) is 45.4 Å². The van der Waals surface area contributed by atoms with E-state index in [0.29, 0.717) is 40.6 Å². The molecule has 7 heteroatoms. The number of alkyl halides is 2. The number of hydrogen-bond acceptors (Lipinski definition) is 3. The molecule has 2 atom stereocenters. The fourth-order valence-corrected chi connectivity index (χ4v) is 6.67. The van der Waals surface area contributed by atoms with Crippen molar-refractivity contribution in [3.63, 3.8) is 0 Å². The zero-order valence-electron chi connectivity index (χ0n) is 15.3. The van der Waals surface area contributed by atoms with Gasteiger partial charge in [-0.25, -0.2) is 0 Å². The Morgan fingerprint density at radius 2 is 1.81 bits per heavy atom. The first-order valence-corrected chi connectivity index (χ1v) is 10.3. The Hall–Kier alpha value is -1.63. The van der Waals surface area contributed by atoms with Gasteiger partial charge >= 0.3 is 0 Å². The Kier molecular flexibility index (Phi) is 4.69. The molecular formula is C20H24F2N2O2S. The van der Waals surface area contributed by atoms with E-state index >= 15 is 0 Å². The molecule has 1 aromatic rings. The Morgan fingerprint density at radius 3 is 2.44 bits per heavy atom. The van der Waals surface area contributed by atoms with Gasteiger partial charge in [-0.2, -0.15) is 8.78 Å². The second-order valence-corrected chi connectivity index (χ2v) is 9.56. The highest BCUT2D eigenvalue weighted by Gasteiger charge is 2.60. The fourth-order valence-electron chi connectivity index (χ4n) is 6.07. The van der Waals surface area contributed by atoms with E-state index in [0.717, 1.165) is 32.1 Å². The number of carbonyl (C=O) groups excluding carboxylic acids is 2. The van der Waals surface area contributed by atoms with Crippen LogP contribution in [0.5, 0.6) is 0 Å². The van der Waals surface area contributed by atoms with Gasteiger partial charge in [-0.3, -0.25) is 9.59 Å². The van der Waals surface area contributed by atoms with Crippen molar-refractivity contribution in [2.45, 2.75) is 61.6 Å². The molecule has 2 unspecified atom stereocenters. The molecule has 0 aliphatic heterocycles.